The largest absolute Gasteiger partial charge is 0.497 e. The van der Waals surface area contributed by atoms with Crippen LogP contribution in [0.5, 0.6) is 5.75 Å². The number of carbonyl (C=O) groups is 1. The highest BCUT2D eigenvalue weighted by Gasteiger charge is 2.24. The van der Waals surface area contributed by atoms with Crippen molar-refractivity contribution in [2.45, 2.75) is 19.3 Å². The Hall–Kier alpha value is -3.09. The Labute approximate surface area is 164 Å². The van der Waals surface area contributed by atoms with E-state index >= 15 is 0 Å². The molecule has 1 heterocycles. The van der Waals surface area contributed by atoms with E-state index in [9.17, 15) is 14.9 Å². The molecule has 3 rings (SSSR count). The predicted octanol–water partition coefficient (Wildman–Crippen LogP) is 3.42. The normalized spacial score (nSPS) is 14.6. The van der Waals surface area contributed by atoms with Gasteiger partial charge in [-0.05, 0) is 48.9 Å². The summed E-state index contributed by atoms with van der Waals surface area (Å²) in [5, 5.41) is 13.6. The minimum Gasteiger partial charge on any atom is -0.497 e. The van der Waals surface area contributed by atoms with Crippen LogP contribution in [0.15, 0.2) is 42.5 Å². The van der Waals surface area contributed by atoms with Crippen LogP contribution >= 0.6 is 0 Å². The van der Waals surface area contributed by atoms with Crippen molar-refractivity contribution >= 4 is 17.3 Å². The SMILES string of the molecule is CNC(=O)c1cc([N+](=O)[O-])ccc1N1CCC(Cc2cccc(OC)c2)CC1. The summed E-state index contributed by atoms with van der Waals surface area (Å²) < 4.78 is 5.30. The minimum absolute atomic E-state index is 0.0738. The number of nitro benzene ring substituents is 1. The number of hydrogen-bond acceptors (Lipinski definition) is 5. The van der Waals surface area contributed by atoms with Gasteiger partial charge in [0.15, 0.2) is 0 Å². The van der Waals surface area contributed by atoms with Crippen molar-refractivity contribution in [3.05, 3.63) is 63.7 Å². The molecule has 1 aliphatic heterocycles. The molecule has 0 saturated carbocycles. The first-order valence-electron chi connectivity index (χ1n) is 9.40. The second kappa shape index (κ2) is 8.73. The second-order valence-electron chi connectivity index (χ2n) is 7.02. The van der Waals surface area contributed by atoms with E-state index in [2.05, 4.69) is 22.3 Å². The van der Waals surface area contributed by atoms with Gasteiger partial charge in [0.05, 0.1) is 23.3 Å². The minimum atomic E-state index is -0.476. The number of ether oxygens (including phenoxy) is 1. The van der Waals surface area contributed by atoms with Gasteiger partial charge in [0.2, 0.25) is 0 Å². The molecule has 1 N–H and O–H groups in total. The number of anilines is 1. The molecule has 1 fully saturated rings. The van der Waals surface area contributed by atoms with Crippen LogP contribution in [0.1, 0.15) is 28.8 Å². The summed E-state index contributed by atoms with van der Waals surface area (Å²) >= 11 is 0. The zero-order valence-corrected chi connectivity index (χ0v) is 16.2. The van der Waals surface area contributed by atoms with Crippen molar-refractivity contribution in [2.24, 2.45) is 5.92 Å². The summed E-state index contributed by atoms with van der Waals surface area (Å²) in [5.74, 6) is 1.12. The highest BCUT2D eigenvalue weighted by atomic mass is 16.6. The van der Waals surface area contributed by atoms with Crippen molar-refractivity contribution in [3.63, 3.8) is 0 Å². The van der Waals surface area contributed by atoms with Crippen LogP contribution in [0, 0.1) is 16.0 Å². The highest BCUT2D eigenvalue weighted by molar-refractivity contribution is 6.00. The van der Waals surface area contributed by atoms with E-state index in [1.807, 2.05) is 12.1 Å². The zero-order valence-electron chi connectivity index (χ0n) is 16.2. The lowest BCUT2D eigenvalue weighted by molar-refractivity contribution is -0.384. The van der Waals surface area contributed by atoms with Gasteiger partial charge in [-0.25, -0.2) is 0 Å². The van der Waals surface area contributed by atoms with E-state index in [0.29, 0.717) is 11.5 Å². The summed E-state index contributed by atoms with van der Waals surface area (Å²) in [6.45, 7) is 1.63. The molecule has 0 spiro atoms. The van der Waals surface area contributed by atoms with E-state index in [1.165, 1.54) is 24.7 Å². The van der Waals surface area contributed by atoms with Gasteiger partial charge < -0.3 is 15.0 Å². The standard InChI is InChI=1S/C21H25N3O4/c1-22-21(25)19-14-17(24(26)27)6-7-20(19)23-10-8-15(9-11-23)12-16-4-3-5-18(13-16)28-2/h3-7,13-15H,8-12H2,1-2H3,(H,22,25). The number of nitrogens with one attached hydrogen (secondary N) is 1. The lowest BCUT2D eigenvalue weighted by Crippen LogP contribution is -2.36. The summed E-state index contributed by atoms with van der Waals surface area (Å²) in [6, 6.07) is 12.7. The fraction of sp³-hybridized carbons (Fsp3) is 0.381. The van der Waals surface area contributed by atoms with Crippen molar-refractivity contribution in [3.8, 4) is 5.75 Å². The number of benzene rings is 2. The van der Waals surface area contributed by atoms with Crippen LogP contribution in [0.3, 0.4) is 0 Å². The number of nitrogens with zero attached hydrogens (tertiary/aromatic N) is 2. The van der Waals surface area contributed by atoms with Gasteiger partial charge in [-0.15, -0.1) is 0 Å². The number of hydrogen-bond donors (Lipinski definition) is 1. The Balaban J connectivity index is 1.70. The van der Waals surface area contributed by atoms with Crippen LogP contribution in [-0.2, 0) is 6.42 Å². The van der Waals surface area contributed by atoms with Crippen LogP contribution in [-0.4, -0.2) is 38.1 Å². The van der Waals surface area contributed by atoms with Gasteiger partial charge in [-0.2, -0.15) is 0 Å². The number of amides is 1. The smallest absolute Gasteiger partial charge is 0.270 e. The Morgan fingerprint density at radius 2 is 2.00 bits per heavy atom. The molecule has 2 aromatic carbocycles. The molecule has 0 atom stereocenters. The Morgan fingerprint density at radius 3 is 2.64 bits per heavy atom. The van der Waals surface area contributed by atoms with E-state index in [4.69, 9.17) is 4.74 Å². The molecule has 148 valence electrons. The van der Waals surface area contributed by atoms with Gasteiger partial charge >= 0.3 is 0 Å². The number of nitro groups is 1. The maximum Gasteiger partial charge on any atom is 0.270 e. The third kappa shape index (κ3) is 4.42. The maximum atomic E-state index is 12.2. The molecule has 0 bridgehead atoms. The predicted molar refractivity (Wildman–Crippen MR) is 108 cm³/mol. The molecule has 7 nitrogen and oxygen atoms in total. The molecule has 1 saturated heterocycles. The third-order valence-electron chi connectivity index (χ3n) is 5.28. The quantitative estimate of drug-likeness (QED) is 0.610. The van der Waals surface area contributed by atoms with E-state index in [0.717, 1.165) is 43.8 Å². The molecule has 7 heteroatoms. The molecule has 0 unspecified atom stereocenters. The first-order chi connectivity index (χ1) is 13.5. The van der Waals surface area contributed by atoms with Gasteiger partial charge in [-0.1, -0.05) is 12.1 Å². The van der Waals surface area contributed by atoms with E-state index in [-0.39, 0.29) is 11.6 Å². The zero-order chi connectivity index (χ0) is 20.1. The Morgan fingerprint density at radius 1 is 1.25 bits per heavy atom. The maximum absolute atomic E-state index is 12.2. The molecule has 2 aromatic rings. The molecular formula is C21H25N3O4. The number of carbonyl (C=O) groups excluding carboxylic acids is 1. The third-order valence-corrected chi connectivity index (χ3v) is 5.28. The van der Waals surface area contributed by atoms with E-state index < -0.39 is 4.92 Å². The number of piperidine rings is 1. The molecule has 0 aromatic heterocycles. The van der Waals surface area contributed by atoms with Gasteiger partial charge in [0, 0.05) is 32.3 Å². The number of methoxy groups -OCH3 is 1. The first kappa shape index (κ1) is 19.7. The van der Waals surface area contributed by atoms with Crippen LogP contribution in [0.4, 0.5) is 11.4 Å². The highest BCUT2D eigenvalue weighted by Crippen LogP contribution is 2.31. The van der Waals surface area contributed by atoms with Gasteiger partial charge in [-0.3, -0.25) is 14.9 Å². The fourth-order valence-electron chi connectivity index (χ4n) is 3.74. The lowest BCUT2D eigenvalue weighted by Gasteiger charge is -2.34. The van der Waals surface area contributed by atoms with Crippen LogP contribution < -0.4 is 15.0 Å². The average Bonchev–Trinajstić information content (AvgIpc) is 2.73. The second-order valence-corrected chi connectivity index (χ2v) is 7.02. The van der Waals surface area contributed by atoms with Gasteiger partial charge in [0.1, 0.15) is 5.75 Å². The summed E-state index contributed by atoms with van der Waals surface area (Å²) in [6.07, 6.45) is 3.00. The molecule has 28 heavy (non-hydrogen) atoms. The van der Waals surface area contributed by atoms with Crippen molar-refractivity contribution in [2.75, 3.05) is 32.1 Å². The summed E-state index contributed by atoms with van der Waals surface area (Å²) in [7, 11) is 3.21. The summed E-state index contributed by atoms with van der Waals surface area (Å²) in [4.78, 5) is 25.0. The Bertz CT molecular complexity index is 860. The number of non-ortho nitro benzene ring substituents is 1. The molecule has 1 amide bonds. The molecule has 0 radical (unpaired) electrons. The fourth-order valence-corrected chi connectivity index (χ4v) is 3.74. The molecule has 1 aliphatic rings. The monoisotopic (exact) mass is 383 g/mol. The Kier molecular flexibility index (Phi) is 6.13. The molecular weight excluding hydrogens is 358 g/mol. The molecule has 0 aliphatic carbocycles. The topological polar surface area (TPSA) is 84.7 Å². The average molecular weight is 383 g/mol. The summed E-state index contributed by atoms with van der Waals surface area (Å²) in [5.41, 5.74) is 2.29. The van der Waals surface area contributed by atoms with Crippen molar-refractivity contribution < 1.29 is 14.5 Å². The van der Waals surface area contributed by atoms with Crippen LogP contribution in [0.2, 0.25) is 0 Å². The number of rotatable bonds is 6. The first-order valence-corrected chi connectivity index (χ1v) is 9.40. The van der Waals surface area contributed by atoms with Gasteiger partial charge in [0.25, 0.3) is 11.6 Å². The lowest BCUT2D eigenvalue weighted by atomic mass is 9.89. The van der Waals surface area contributed by atoms with Crippen molar-refractivity contribution in [1.82, 2.24) is 5.32 Å². The van der Waals surface area contributed by atoms with E-state index in [1.54, 1.807) is 13.2 Å². The van der Waals surface area contributed by atoms with Crippen LogP contribution in [0.25, 0.3) is 0 Å². The van der Waals surface area contributed by atoms with Crippen molar-refractivity contribution in [1.29, 1.82) is 0 Å².